The Kier molecular flexibility index (Phi) is 10.3. The third kappa shape index (κ3) is 8.59. The Bertz CT molecular complexity index is 1620. The lowest BCUT2D eigenvalue weighted by Gasteiger charge is -2.24. The van der Waals surface area contributed by atoms with Crippen LogP contribution in [0.5, 0.6) is 11.5 Å². The molecule has 6 nitrogen and oxygen atoms in total. The first-order valence-corrected chi connectivity index (χ1v) is 15.1. The van der Waals surface area contributed by atoms with E-state index >= 15 is 0 Å². The Hall–Kier alpha value is -4.35. The zero-order chi connectivity index (χ0) is 30.0. The van der Waals surface area contributed by atoms with Crippen molar-refractivity contribution >= 4 is 22.9 Å². The third-order valence-corrected chi connectivity index (χ3v) is 8.14. The van der Waals surface area contributed by atoms with Gasteiger partial charge in [-0.1, -0.05) is 48.2 Å². The predicted molar refractivity (Wildman–Crippen MR) is 172 cm³/mol. The molecule has 0 amide bonds. The molecule has 1 fully saturated rings. The fourth-order valence-electron chi connectivity index (χ4n) is 4.79. The minimum absolute atomic E-state index is 0.358. The summed E-state index contributed by atoms with van der Waals surface area (Å²) >= 11 is 1.79. The van der Waals surface area contributed by atoms with E-state index in [1.807, 2.05) is 13.0 Å². The minimum atomic E-state index is -1.01. The number of morpholine rings is 1. The van der Waals surface area contributed by atoms with Crippen LogP contribution in [0.25, 0.3) is 16.0 Å². The third-order valence-electron chi connectivity index (χ3n) is 7.09. The molecule has 3 aromatic carbocycles. The summed E-state index contributed by atoms with van der Waals surface area (Å²) in [4.78, 5) is 15.7. The fourth-order valence-corrected chi connectivity index (χ4v) is 5.66. The van der Waals surface area contributed by atoms with Crippen molar-refractivity contribution < 1.29 is 24.1 Å². The molecule has 0 saturated carbocycles. The first-order chi connectivity index (χ1) is 20.9. The highest BCUT2D eigenvalue weighted by atomic mass is 32.1. The number of rotatable bonds is 10. The predicted octanol–water partition coefficient (Wildman–Crippen LogP) is 6.69. The van der Waals surface area contributed by atoms with Crippen LogP contribution in [0.4, 0.5) is 0 Å². The van der Waals surface area contributed by atoms with Gasteiger partial charge in [0.05, 0.1) is 19.8 Å². The van der Waals surface area contributed by atoms with Gasteiger partial charge in [0.2, 0.25) is 0 Å². The van der Waals surface area contributed by atoms with E-state index in [1.165, 1.54) is 15.3 Å². The number of benzene rings is 3. The summed E-state index contributed by atoms with van der Waals surface area (Å²) in [6.07, 6.45) is 2.09. The molecule has 1 saturated heterocycles. The highest BCUT2D eigenvalue weighted by Gasteiger charge is 2.10. The van der Waals surface area contributed by atoms with Crippen molar-refractivity contribution in [2.45, 2.75) is 13.8 Å². The van der Waals surface area contributed by atoms with Crippen molar-refractivity contribution in [1.82, 2.24) is 4.90 Å². The number of aryl methyl sites for hydroxylation is 2. The molecular weight excluding hydrogens is 558 g/mol. The lowest BCUT2D eigenvalue weighted by molar-refractivity contribution is -0.139. The van der Waals surface area contributed by atoms with Crippen LogP contribution in [-0.2, 0) is 9.53 Å². The Morgan fingerprint density at radius 1 is 0.953 bits per heavy atom. The van der Waals surface area contributed by atoms with E-state index in [4.69, 9.17) is 19.3 Å². The second-order valence-corrected chi connectivity index (χ2v) is 11.6. The molecule has 0 spiro atoms. The van der Waals surface area contributed by atoms with E-state index in [0.29, 0.717) is 18.1 Å². The van der Waals surface area contributed by atoms with Gasteiger partial charge in [-0.25, -0.2) is 4.79 Å². The second kappa shape index (κ2) is 14.7. The number of nitrogens with zero attached hydrogens (tertiary/aromatic N) is 1. The summed E-state index contributed by atoms with van der Waals surface area (Å²) in [7, 11) is 0. The lowest BCUT2D eigenvalue weighted by atomic mass is 9.95. The highest BCUT2D eigenvalue weighted by Crippen LogP contribution is 2.31. The summed E-state index contributed by atoms with van der Waals surface area (Å²) in [5.41, 5.74) is 6.24. The number of hydrogen-bond donors (Lipinski definition) is 1. The van der Waals surface area contributed by atoms with Crippen LogP contribution in [0.3, 0.4) is 0 Å². The van der Waals surface area contributed by atoms with Crippen molar-refractivity contribution in [2.24, 2.45) is 0 Å². The Labute approximate surface area is 257 Å². The van der Waals surface area contributed by atoms with Crippen LogP contribution in [0.15, 0.2) is 84.9 Å². The summed E-state index contributed by atoms with van der Waals surface area (Å²) in [5, 5.41) is 8.89. The normalized spacial score (nSPS) is 13.7. The molecule has 5 rings (SSSR count). The van der Waals surface area contributed by atoms with Gasteiger partial charge in [0.1, 0.15) is 18.1 Å². The van der Waals surface area contributed by atoms with Crippen LogP contribution in [0.2, 0.25) is 0 Å². The SMILES string of the molecule is Cc1ccc(-c2ccc(/C(=C\COc3ccc(OCC(=O)O)c(C)c3)c3ccc(C#CCN4CCOCC4)cc3)cc2)s1. The zero-order valence-electron chi connectivity index (χ0n) is 24.5. The maximum absolute atomic E-state index is 10.8. The molecule has 0 unspecified atom stereocenters. The number of ether oxygens (including phenoxy) is 3. The number of hydrogen-bond acceptors (Lipinski definition) is 6. The average Bonchev–Trinajstić information content (AvgIpc) is 3.46. The van der Waals surface area contributed by atoms with Crippen LogP contribution in [0.1, 0.15) is 27.1 Å². The van der Waals surface area contributed by atoms with Crippen LogP contribution < -0.4 is 9.47 Å². The van der Waals surface area contributed by atoms with Crippen LogP contribution in [-0.4, -0.2) is 62.0 Å². The van der Waals surface area contributed by atoms with Gasteiger partial charge < -0.3 is 19.3 Å². The smallest absolute Gasteiger partial charge is 0.341 e. The molecule has 1 aliphatic heterocycles. The molecule has 43 heavy (non-hydrogen) atoms. The molecule has 220 valence electrons. The molecule has 0 bridgehead atoms. The second-order valence-electron chi connectivity index (χ2n) is 10.3. The number of aliphatic carboxylic acids is 1. The number of carbonyl (C=O) groups is 1. The molecule has 1 N–H and O–H groups in total. The molecule has 1 aliphatic rings. The minimum Gasteiger partial charge on any atom is -0.489 e. The van der Waals surface area contributed by atoms with Crippen molar-refractivity contribution in [3.8, 4) is 33.8 Å². The monoisotopic (exact) mass is 593 g/mol. The first-order valence-electron chi connectivity index (χ1n) is 14.3. The van der Waals surface area contributed by atoms with Gasteiger partial charge in [0.15, 0.2) is 6.61 Å². The van der Waals surface area contributed by atoms with Crippen molar-refractivity contribution in [3.63, 3.8) is 0 Å². The molecule has 0 radical (unpaired) electrons. The average molecular weight is 594 g/mol. The fraction of sp³-hybridized carbons (Fsp3) is 0.250. The van der Waals surface area contributed by atoms with Gasteiger partial charge in [-0.2, -0.15) is 0 Å². The first kappa shape index (κ1) is 30.1. The van der Waals surface area contributed by atoms with Crippen molar-refractivity contribution in [1.29, 1.82) is 0 Å². The van der Waals surface area contributed by atoms with Crippen molar-refractivity contribution in [3.05, 3.63) is 112 Å². The quantitative estimate of drug-likeness (QED) is 0.207. The highest BCUT2D eigenvalue weighted by molar-refractivity contribution is 7.15. The Morgan fingerprint density at radius 3 is 2.33 bits per heavy atom. The standard InChI is InChI=1S/C36H35NO5S/c1-26-24-32(14-15-34(26)42-25-36(38)39)41-21-17-33(30-10-12-31(13-11-30)35-16-5-27(2)43-35)29-8-6-28(7-9-29)4-3-18-37-19-22-40-23-20-37/h5-17,24H,18-23,25H2,1-2H3,(H,38,39)/b33-17-. The van der Waals surface area contributed by atoms with E-state index in [9.17, 15) is 4.79 Å². The Balaban J connectivity index is 1.33. The Morgan fingerprint density at radius 2 is 1.67 bits per heavy atom. The number of thiophene rings is 1. The summed E-state index contributed by atoms with van der Waals surface area (Å²) < 4.78 is 16.8. The maximum Gasteiger partial charge on any atom is 0.341 e. The molecule has 7 heteroatoms. The molecule has 0 atom stereocenters. The molecule has 4 aromatic rings. The van der Waals surface area contributed by atoms with Gasteiger partial charge in [-0.15, -0.1) is 11.3 Å². The molecule has 2 heterocycles. The largest absolute Gasteiger partial charge is 0.489 e. The summed E-state index contributed by atoms with van der Waals surface area (Å²) in [6.45, 7) is 8.12. The lowest BCUT2D eigenvalue weighted by Crippen LogP contribution is -2.36. The van der Waals surface area contributed by atoms with E-state index in [0.717, 1.165) is 60.7 Å². The molecular formula is C36H35NO5S. The summed E-state index contributed by atoms with van der Waals surface area (Å²) in [6, 6.07) is 26.7. The van der Waals surface area contributed by atoms with E-state index in [2.05, 4.69) is 90.4 Å². The van der Waals surface area contributed by atoms with Gasteiger partial charge in [-0.05, 0) is 90.2 Å². The number of carboxylic acids is 1. The van der Waals surface area contributed by atoms with Crippen LogP contribution in [0, 0.1) is 25.7 Å². The van der Waals surface area contributed by atoms with Crippen molar-refractivity contribution in [2.75, 3.05) is 46.1 Å². The topological polar surface area (TPSA) is 68.2 Å². The summed E-state index contributed by atoms with van der Waals surface area (Å²) in [5.74, 6) is 6.80. The zero-order valence-corrected chi connectivity index (χ0v) is 25.3. The van der Waals surface area contributed by atoms with Gasteiger partial charge in [0, 0.05) is 28.4 Å². The van der Waals surface area contributed by atoms with Crippen LogP contribution >= 0.6 is 11.3 Å². The number of carboxylic acid groups (broad SMARTS) is 1. The van der Waals surface area contributed by atoms with Gasteiger partial charge in [-0.3, -0.25) is 4.90 Å². The van der Waals surface area contributed by atoms with E-state index in [1.54, 1.807) is 23.5 Å². The molecule has 1 aromatic heterocycles. The molecule has 0 aliphatic carbocycles. The van der Waals surface area contributed by atoms with E-state index < -0.39 is 5.97 Å². The van der Waals surface area contributed by atoms with Gasteiger partial charge >= 0.3 is 5.97 Å². The maximum atomic E-state index is 10.8. The van der Waals surface area contributed by atoms with E-state index in [-0.39, 0.29) is 6.61 Å². The van der Waals surface area contributed by atoms with Gasteiger partial charge in [0.25, 0.3) is 0 Å².